The van der Waals surface area contributed by atoms with E-state index in [0.29, 0.717) is 6.42 Å². The van der Waals surface area contributed by atoms with Gasteiger partial charge >= 0.3 is 0 Å². The number of nitrogens with one attached hydrogen (secondary N) is 1. The Balaban J connectivity index is 2.78. The van der Waals surface area contributed by atoms with Crippen LogP contribution in [-0.2, 0) is 0 Å². The molecular formula is C7H8N2OS. The molecule has 1 unspecified atom stereocenters. The Bertz CT molecular complexity index is 320. The summed E-state index contributed by atoms with van der Waals surface area (Å²) < 4.78 is 2.55. The zero-order chi connectivity index (χ0) is 8.27. The van der Waals surface area contributed by atoms with Crippen molar-refractivity contribution in [3.05, 3.63) is 21.3 Å². The lowest BCUT2D eigenvalue weighted by molar-refractivity contribution is 0.771. The lowest BCUT2D eigenvalue weighted by atomic mass is 10.2. The minimum Gasteiger partial charge on any atom is -0.322 e. The highest BCUT2D eigenvalue weighted by Crippen LogP contribution is 2.13. The van der Waals surface area contributed by atoms with E-state index in [1.165, 1.54) is 17.6 Å². The van der Waals surface area contributed by atoms with Gasteiger partial charge in [-0.05, 0) is 0 Å². The Morgan fingerprint density at radius 3 is 3.09 bits per heavy atom. The third-order valence-electron chi connectivity index (χ3n) is 1.25. The van der Waals surface area contributed by atoms with Crippen LogP contribution in [0.3, 0.4) is 0 Å². The Morgan fingerprint density at radius 1 is 1.91 bits per heavy atom. The van der Waals surface area contributed by atoms with Crippen molar-refractivity contribution in [2.75, 3.05) is 0 Å². The molecule has 11 heavy (non-hydrogen) atoms. The molecule has 1 rings (SSSR count). The topological polar surface area (TPSA) is 58.9 Å². The van der Waals surface area contributed by atoms with Gasteiger partial charge in [0.1, 0.15) is 0 Å². The zero-order valence-corrected chi connectivity index (χ0v) is 6.65. The fourth-order valence-electron chi connectivity index (χ4n) is 0.708. The number of rotatable bonds is 2. The largest absolute Gasteiger partial charge is 0.322 e. The highest BCUT2D eigenvalue weighted by atomic mass is 32.1. The smallest absolute Gasteiger partial charge is 0.258 e. The predicted molar refractivity (Wildman–Crippen MR) is 45.3 cm³/mol. The Kier molecular flexibility index (Phi) is 2.47. The van der Waals surface area contributed by atoms with Crippen LogP contribution in [0.1, 0.15) is 17.3 Å². The van der Waals surface area contributed by atoms with Gasteiger partial charge in [0.15, 0.2) is 0 Å². The average Bonchev–Trinajstić information content (AvgIpc) is 2.36. The fraction of sp³-hybridized carbons (Fsp3) is 0.286. The number of nitrogens with two attached hydrogens (primary N) is 1. The molecule has 0 saturated carbocycles. The maximum Gasteiger partial charge on any atom is 0.258 e. The van der Waals surface area contributed by atoms with E-state index < -0.39 is 0 Å². The lowest BCUT2D eigenvalue weighted by Crippen LogP contribution is -2.07. The van der Waals surface area contributed by atoms with Crippen LogP contribution in [0.15, 0.2) is 10.9 Å². The molecule has 1 atom stereocenters. The number of terminal acetylenes is 1. The van der Waals surface area contributed by atoms with Crippen molar-refractivity contribution in [1.82, 2.24) is 4.37 Å². The molecule has 0 spiro atoms. The monoisotopic (exact) mass is 168 g/mol. The molecule has 3 nitrogen and oxygen atoms in total. The van der Waals surface area contributed by atoms with E-state index in [9.17, 15) is 4.79 Å². The summed E-state index contributed by atoms with van der Waals surface area (Å²) in [5.41, 5.74) is 5.51. The van der Waals surface area contributed by atoms with Crippen molar-refractivity contribution in [2.24, 2.45) is 5.73 Å². The van der Waals surface area contributed by atoms with Gasteiger partial charge in [0.25, 0.3) is 5.56 Å². The van der Waals surface area contributed by atoms with E-state index in [4.69, 9.17) is 12.2 Å². The van der Waals surface area contributed by atoms with Gasteiger partial charge in [-0.15, -0.1) is 12.3 Å². The van der Waals surface area contributed by atoms with Gasteiger partial charge in [-0.25, -0.2) is 0 Å². The molecule has 0 aliphatic heterocycles. The van der Waals surface area contributed by atoms with Crippen LogP contribution >= 0.6 is 11.5 Å². The highest BCUT2D eigenvalue weighted by molar-refractivity contribution is 7.05. The predicted octanol–water partition coefficient (Wildman–Crippen LogP) is 0.460. The van der Waals surface area contributed by atoms with E-state index in [1.807, 2.05) is 0 Å². The number of aromatic nitrogens is 1. The minimum absolute atomic E-state index is 0.113. The van der Waals surface area contributed by atoms with Gasteiger partial charge in [0, 0.05) is 17.4 Å². The maximum atomic E-state index is 10.6. The molecule has 0 aromatic carbocycles. The number of hydrogen-bond donors (Lipinski definition) is 2. The summed E-state index contributed by atoms with van der Waals surface area (Å²) in [5, 5.41) is 0. The normalized spacial score (nSPS) is 12.4. The number of hydrogen-bond acceptors (Lipinski definition) is 3. The van der Waals surface area contributed by atoms with Crippen LogP contribution in [0.25, 0.3) is 0 Å². The Labute approximate surface area is 68.4 Å². The zero-order valence-electron chi connectivity index (χ0n) is 5.83. The van der Waals surface area contributed by atoms with Crippen molar-refractivity contribution in [3.8, 4) is 12.3 Å². The van der Waals surface area contributed by atoms with Crippen molar-refractivity contribution < 1.29 is 0 Å². The van der Waals surface area contributed by atoms with Gasteiger partial charge in [0.2, 0.25) is 0 Å². The van der Waals surface area contributed by atoms with E-state index in [0.717, 1.165) is 4.88 Å². The van der Waals surface area contributed by atoms with E-state index in [1.54, 1.807) is 0 Å². The molecule has 1 aromatic rings. The van der Waals surface area contributed by atoms with Crippen LogP contribution in [0, 0.1) is 12.3 Å². The highest BCUT2D eigenvalue weighted by Gasteiger charge is 2.06. The van der Waals surface area contributed by atoms with Crippen molar-refractivity contribution >= 4 is 11.5 Å². The molecule has 0 radical (unpaired) electrons. The van der Waals surface area contributed by atoms with E-state index >= 15 is 0 Å². The van der Waals surface area contributed by atoms with Crippen LogP contribution in [0.4, 0.5) is 0 Å². The molecule has 0 saturated heterocycles. The summed E-state index contributed by atoms with van der Waals surface area (Å²) in [6.07, 6.45) is 5.53. The Morgan fingerprint density at radius 2 is 2.64 bits per heavy atom. The quantitative estimate of drug-likeness (QED) is 0.630. The summed E-state index contributed by atoms with van der Waals surface area (Å²) in [4.78, 5) is 11.5. The first-order valence-electron chi connectivity index (χ1n) is 3.11. The average molecular weight is 168 g/mol. The molecule has 4 heteroatoms. The molecule has 0 amide bonds. The second-order valence-corrected chi connectivity index (χ2v) is 3.01. The van der Waals surface area contributed by atoms with Crippen LogP contribution in [0.2, 0.25) is 0 Å². The molecule has 0 aliphatic carbocycles. The van der Waals surface area contributed by atoms with Crippen LogP contribution in [0.5, 0.6) is 0 Å². The summed E-state index contributed by atoms with van der Waals surface area (Å²) in [7, 11) is 0. The third kappa shape index (κ3) is 1.93. The summed E-state index contributed by atoms with van der Waals surface area (Å²) >= 11 is 1.24. The number of H-pyrrole nitrogens is 1. The SMILES string of the molecule is C#CCC(N)c1cc(=O)[nH]s1. The first kappa shape index (κ1) is 8.05. The summed E-state index contributed by atoms with van der Waals surface area (Å²) in [5.74, 6) is 2.44. The second kappa shape index (κ2) is 3.37. The first-order chi connectivity index (χ1) is 5.24. The van der Waals surface area contributed by atoms with Crippen molar-refractivity contribution in [3.63, 3.8) is 0 Å². The maximum absolute atomic E-state index is 10.6. The van der Waals surface area contributed by atoms with E-state index in [-0.39, 0.29) is 11.6 Å². The summed E-state index contributed by atoms with van der Waals surface area (Å²) in [6, 6.07) is 1.27. The van der Waals surface area contributed by atoms with Crippen molar-refractivity contribution in [2.45, 2.75) is 12.5 Å². The molecule has 58 valence electrons. The first-order valence-corrected chi connectivity index (χ1v) is 3.93. The summed E-state index contributed by atoms with van der Waals surface area (Å²) in [6.45, 7) is 0. The standard InChI is InChI=1S/C7H8N2OS/c1-2-3-5(8)6-4-7(10)9-11-6/h1,4-5H,3,8H2,(H,9,10). The second-order valence-electron chi connectivity index (χ2n) is 2.13. The van der Waals surface area contributed by atoms with E-state index in [2.05, 4.69) is 10.3 Å². The minimum atomic E-state index is -0.205. The molecule has 0 bridgehead atoms. The van der Waals surface area contributed by atoms with Gasteiger partial charge in [-0.1, -0.05) is 11.5 Å². The van der Waals surface area contributed by atoms with Gasteiger partial charge in [-0.2, -0.15) is 0 Å². The van der Waals surface area contributed by atoms with Crippen LogP contribution in [-0.4, -0.2) is 4.37 Å². The number of aromatic amines is 1. The molecular weight excluding hydrogens is 160 g/mol. The molecule has 1 heterocycles. The fourth-order valence-corrected chi connectivity index (χ4v) is 1.39. The van der Waals surface area contributed by atoms with Gasteiger partial charge < -0.3 is 5.73 Å². The molecule has 0 fully saturated rings. The lowest BCUT2D eigenvalue weighted by Gasteiger charge is -2.01. The van der Waals surface area contributed by atoms with Gasteiger partial charge in [-0.3, -0.25) is 9.17 Å². The van der Waals surface area contributed by atoms with Crippen molar-refractivity contribution in [1.29, 1.82) is 0 Å². The molecule has 3 N–H and O–H groups in total. The molecule has 0 aliphatic rings. The van der Waals surface area contributed by atoms with Crippen LogP contribution < -0.4 is 11.3 Å². The molecule has 1 aromatic heterocycles. The van der Waals surface area contributed by atoms with Gasteiger partial charge in [0.05, 0.1) is 6.04 Å². The Hall–Kier alpha value is -1.05. The third-order valence-corrected chi connectivity index (χ3v) is 2.21.